The highest BCUT2D eigenvalue weighted by Crippen LogP contribution is 2.22. The van der Waals surface area contributed by atoms with E-state index in [1.165, 1.54) is 6.07 Å². The summed E-state index contributed by atoms with van der Waals surface area (Å²) in [6.45, 7) is 3.48. The maximum atomic E-state index is 12.2. The van der Waals surface area contributed by atoms with E-state index < -0.39 is 6.10 Å². The summed E-state index contributed by atoms with van der Waals surface area (Å²) in [7, 11) is 1.57. The van der Waals surface area contributed by atoms with E-state index in [1.807, 2.05) is 6.92 Å². The van der Waals surface area contributed by atoms with Gasteiger partial charge in [0.2, 0.25) is 0 Å². The topological polar surface area (TPSA) is 67.8 Å². The molecule has 1 atom stereocenters. The Morgan fingerprint density at radius 1 is 1.18 bits per heavy atom. The van der Waals surface area contributed by atoms with Crippen molar-refractivity contribution in [3.05, 3.63) is 48.0 Å². The van der Waals surface area contributed by atoms with Crippen LogP contribution >= 0.6 is 0 Å². The molecule has 5 nitrogen and oxygen atoms in total. The SMILES string of the molecule is COc1cccc(OC(C)C(=O)Nc2ccc(O)cc2C)c1. The molecule has 2 N–H and O–H groups in total. The predicted molar refractivity (Wildman–Crippen MR) is 84.6 cm³/mol. The minimum absolute atomic E-state index is 0.163. The van der Waals surface area contributed by atoms with Gasteiger partial charge in [-0.05, 0) is 49.7 Å². The fourth-order valence-corrected chi connectivity index (χ4v) is 1.95. The molecule has 116 valence electrons. The first-order valence-electron chi connectivity index (χ1n) is 6.91. The Labute approximate surface area is 129 Å². The van der Waals surface area contributed by atoms with Crippen molar-refractivity contribution in [3.8, 4) is 17.2 Å². The van der Waals surface area contributed by atoms with Crippen LogP contribution in [0.5, 0.6) is 17.2 Å². The molecule has 0 aliphatic carbocycles. The van der Waals surface area contributed by atoms with Crippen LogP contribution in [0.1, 0.15) is 12.5 Å². The molecular formula is C17H19NO4. The third-order valence-electron chi connectivity index (χ3n) is 3.19. The van der Waals surface area contributed by atoms with Crippen LogP contribution in [0.4, 0.5) is 5.69 Å². The number of phenols is 1. The van der Waals surface area contributed by atoms with E-state index in [-0.39, 0.29) is 11.7 Å². The summed E-state index contributed by atoms with van der Waals surface area (Å²) in [6.07, 6.45) is -0.666. The summed E-state index contributed by atoms with van der Waals surface area (Å²) in [4.78, 5) is 12.2. The standard InChI is InChI=1S/C17H19NO4/c1-11-9-13(19)7-8-16(11)18-17(20)12(2)22-15-6-4-5-14(10-15)21-3/h4-10,12,19H,1-3H3,(H,18,20). The number of aromatic hydroxyl groups is 1. The second-order valence-electron chi connectivity index (χ2n) is 4.93. The van der Waals surface area contributed by atoms with Gasteiger partial charge in [-0.15, -0.1) is 0 Å². The van der Waals surface area contributed by atoms with Gasteiger partial charge in [0.1, 0.15) is 17.2 Å². The van der Waals surface area contributed by atoms with Crippen molar-refractivity contribution < 1.29 is 19.4 Å². The molecule has 0 spiro atoms. The van der Waals surface area contributed by atoms with Gasteiger partial charge in [0, 0.05) is 11.8 Å². The number of hydrogen-bond donors (Lipinski definition) is 2. The Hall–Kier alpha value is -2.69. The second-order valence-corrected chi connectivity index (χ2v) is 4.93. The summed E-state index contributed by atoms with van der Waals surface area (Å²) in [5.41, 5.74) is 1.42. The highest BCUT2D eigenvalue weighted by atomic mass is 16.5. The number of anilines is 1. The first kappa shape index (κ1) is 15.7. The lowest BCUT2D eigenvalue weighted by molar-refractivity contribution is -0.122. The molecule has 0 aliphatic rings. The number of benzene rings is 2. The van der Waals surface area contributed by atoms with Crippen LogP contribution in [-0.4, -0.2) is 24.2 Å². The lowest BCUT2D eigenvalue weighted by atomic mass is 10.2. The minimum Gasteiger partial charge on any atom is -0.508 e. The summed E-state index contributed by atoms with van der Waals surface area (Å²) < 4.78 is 10.7. The van der Waals surface area contributed by atoms with Crippen LogP contribution in [0.3, 0.4) is 0 Å². The smallest absolute Gasteiger partial charge is 0.265 e. The van der Waals surface area contributed by atoms with Crippen LogP contribution in [0, 0.1) is 6.92 Å². The predicted octanol–water partition coefficient (Wildman–Crippen LogP) is 3.12. The Morgan fingerprint density at radius 2 is 1.91 bits per heavy atom. The second kappa shape index (κ2) is 6.85. The Morgan fingerprint density at radius 3 is 2.59 bits per heavy atom. The van der Waals surface area contributed by atoms with Crippen molar-refractivity contribution in [2.24, 2.45) is 0 Å². The third kappa shape index (κ3) is 3.91. The van der Waals surface area contributed by atoms with Gasteiger partial charge >= 0.3 is 0 Å². The zero-order valence-corrected chi connectivity index (χ0v) is 12.8. The number of amides is 1. The van der Waals surface area contributed by atoms with E-state index in [4.69, 9.17) is 9.47 Å². The molecule has 0 aromatic heterocycles. The first-order valence-corrected chi connectivity index (χ1v) is 6.91. The Balaban J connectivity index is 2.02. The maximum Gasteiger partial charge on any atom is 0.265 e. The van der Waals surface area contributed by atoms with Gasteiger partial charge in [-0.2, -0.15) is 0 Å². The zero-order chi connectivity index (χ0) is 16.1. The average molecular weight is 301 g/mol. The number of carbonyl (C=O) groups excluding carboxylic acids is 1. The van der Waals surface area contributed by atoms with E-state index >= 15 is 0 Å². The number of rotatable bonds is 5. The molecule has 1 unspecified atom stereocenters. The van der Waals surface area contributed by atoms with Crippen LogP contribution < -0.4 is 14.8 Å². The van der Waals surface area contributed by atoms with Gasteiger partial charge in [0.25, 0.3) is 5.91 Å². The van der Waals surface area contributed by atoms with E-state index in [1.54, 1.807) is 50.4 Å². The highest BCUT2D eigenvalue weighted by Gasteiger charge is 2.16. The average Bonchev–Trinajstić information content (AvgIpc) is 2.50. The lowest BCUT2D eigenvalue weighted by Crippen LogP contribution is -2.30. The molecule has 0 fully saturated rings. The van der Waals surface area contributed by atoms with Crippen LogP contribution in [0.25, 0.3) is 0 Å². The van der Waals surface area contributed by atoms with Gasteiger partial charge < -0.3 is 19.9 Å². The van der Waals surface area contributed by atoms with E-state index in [0.29, 0.717) is 17.2 Å². The van der Waals surface area contributed by atoms with Gasteiger partial charge in [-0.1, -0.05) is 6.07 Å². The molecule has 0 heterocycles. The molecule has 2 aromatic rings. The fourth-order valence-electron chi connectivity index (χ4n) is 1.95. The lowest BCUT2D eigenvalue weighted by Gasteiger charge is -2.16. The van der Waals surface area contributed by atoms with Crippen molar-refractivity contribution in [1.29, 1.82) is 0 Å². The summed E-state index contributed by atoms with van der Waals surface area (Å²) in [5.74, 6) is 1.12. The van der Waals surface area contributed by atoms with Crippen LogP contribution in [0.2, 0.25) is 0 Å². The zero-order valence-electron chi connectivity index (χ0n) is 12.8. The largest absolute Gasteiger partial charge is 0.508 e. The van der Waals surface area contributed by atoms with Crippen LogP contribution in [-0.2, 0) is 4.79 Å². The Bertz CT molecular complexity index is 669. The van der Waals surface area contributed by atoms with Gasteiger partial charge in [-0.25, -0.2) is 0 Å². The van der Waals surface area contributed by atoms with E-state index in [0.717, 1.165) is 5.56 Å². The monoisotopic (exact) mass is 301 g/mol. The summed E-state index contributed by atoms with van der Waals surface area (Å²) >= 11 is 0. The Kier molecular flexibility index (Phi) is 4.88. The van der Waals surface area contributed by atoms with Crippen molar-refractivity contribution >= 4 is 11.6 Å². The number of phenolic OH excluding ortho intramolecular Hbond substituents is 1. The summed E-state index contributed by atoms with van der Waals surface area (Å²) in [5, 5.41) is 12.2. The van der Waals surface area contributed by atoms with E-state index in [9.17, 15) is 9.90 Å². The molecule has 2 rings (SSSR count). The van der Waals surface area contributed by atoms with Crippen LogP contribution in [0.15, 0.2) is 42.5 Å². The van der Waals surface area contributed by atoms with Gasteiger partial charge in [0.05, 0.1) is 7.11 Å². The molecular weight excluding hydrogens is 282 g/mol. The van der Waals surface area contributed by atoms with Crippen molar-refractivity contribution in [3.63, 3.8) is 0 Å². The van der Waals surface area contributed by atoms with Gasteiger partial charge in [-0.3, -0.25) is 4.79 Å². The molecule has 0 bridgehead atoms. The molecule has 1 amide bonds. The highest BCUT2D eigenvalue weighted by molar-refractivity contribution is 5.94. The van der Waals surface area contributed by atoms with Crippen molar-refractivity contribution in [2.75, 3.05) is 12.4 Å². The number of carbonyl (C=O) groups is 1. The third-order valence-corrected chi connectivity index (χ3v) is 3.19. The first-order chi connectivity index (χ1) is 10.5. The molecule has 2 aromatic carbocycles. The van der Waals surface area contributed by atoms with Gasteiger partial charge in [0.15, 0.2) is 6.10 Å². The molecule has 0 saturated carbocycles. The number of hydrogen-bond acceptors (Lipinski definition) is 4. The fraction of sp³-hybridized carbons (Fsp3) is 0.235. The number of ether oxygens (including phenoxy) is 2. The summed E-state index contributed by atoms with van der Waals surface area (Å²) in [6, 6.07) is 11.8. The minimum atomic E-state index is -0.666. The molecule has 0 aliphatic heterocycles. The molecule has 5 heteroatoms. The molecule has 0 saturated heterocycles. The number of methoxy groups -OCH3 is 1. The molecule has 0 radical (unpaired) electrons. The number of nitrogens with one attached hydrogen (secondary N) is 1. The normalized spacial score (nSPS) is 11.6. The van der Waals surface area contributed by atoms with Crippen molar-refractivity contribution in [2.45, 2.75) is 20.0 Å². The number of aryl methyl sites for hydroxylation is 1. The quantitative estimate of drug-likeness (QED) is 0.833. The van der Waals surface area contributed by atoms with Crippen molar-refractivity contribution in [1.82, 2.24) is 0 Å². The maximum absolute atomic E-state index is 12.2. The van der Waals surface area contributed by atoms with E-state index in [2.05, 4.69) is 5.32 Å². The molecule has 22 heavy (non-hydrogen) atoms.